The van der Waals surface area contributed by atoms with Crippen LogP contribution >= 0.6 is 22.6 Å². The van der Waals surface area contributed by atoms with Gasteiger partial charge in [-0.1, -0.05) is 0 Å². The number of rotatable bonds is 1. The molecule has 3 nitrogen and oxygen atoms in total. The van der Waals surface area contributed by atoms with Crippen molar-refractivity contribution in [1.29, 1.82) is 0 Å². The molecule has 0 fully saturated rings. The summed E-state index contributed by atoms with van der Waals surface area (Å²) >= 11 is 1.56. The molecular formula is C6H5F2IN2O. The van der Waals surface area contributed by atoms with Crippen molar-refractivity contribution in [3.63, 3.8) is 0 Å². The fourth-order valence-corrected chi connectivity index (χ4v) is 1.26. The van der Waals surface area contributed by atoms with E-state index in [2.05, 4.69) is 4.98 Å². The molecule has 66 valence electrons. The molecule has 0 unspecified atom stereocenters. The van der Waals surface area contributed by atoms with Gasteiger partial charge in [0, 0.05) is 6.07 Å². The van der Waals surface area contributed by atoms with Crippen LogP contribution < -0.4 is 11.2 Å². The van der Waals surface area contributed by atoms with Gasteiger partial charge in [0.15, 0.2) is 5.43 Å². The smallest absolute Gasteiger partial charge is 0.279 e. The Balaban J connectivity index is 3.38. The molecule has 0 atom stereocenters. The van der Waals surface area contributed by atoms with Gasteiger partial charge in [0.1, 0.15) is 11.5 Å². The van der Waals surface area contributed by atoms with Gasteiger partial charge in [-0.15, -0.1) is 0 Å². The van der Waals surface area contributed by atoms with Gasteiger partial charge in [0.25, 0.3) is 6.43 Å². The summed E-state index contributed by atoms with van der Waals surface area (Å²) in [5.74, 6) is -0.0456. The highest BCUT2D eigenvalue weighted by atomic mass is 127. The van der Waals surface area contributed by atoms with Crippen molar-refractivity contribution in [1.82, 2.24) is 4.98 Å². The summed E-state index contributed by atoms with van der Waals surface area (Å²) in [5.41, 5.74) is 4.27. The molecule has 0 bridgehead atoms. The van der Waals surface area contributed by atoms with E-state index in [-0.39, 0.29) is 9.39 Å². The molecule has 0 aliphatic carbocycles. The lowest BCUT2D eigenvalue weighted by Crippen LogP contribution is -2.12. The summed E-state index contributed by atoms with van der Waals surface area (Å²) in [7, 11) is 0. The Labute approximate surface area is 80.1 Å². The number of aromatic nitrogens is 1. The van der Waals surface area contributed by atoms with Crippen LogP contribution in [0.4, 0.5) is 14.6 Å². The minimum absolute atomic E-state index is 0.0169. The summed E-state index contributed by atoms with van der Waals surface area (Å²) < 4.78 is 24.3. The summed E-state index contributed by atoms with van der Waals surface area (Å²) in [6.07, 6.45) is -2.70. The number of hydrogen-bond donors (Lipinski definition) is 2. The largest absolute Gasteiger partial charge is 0.385 e. The van der Waals surface area contributed by atoms with E-state index in [0.29, 0.717) is 0 Å². The third-order valence-corrected chi connectivity index (χ3v) is 2.35. The topological polar surface area (TPSA) is 58.9 Å². The van der Waals surface area contributed by atoms with Crippen molar-refractivity contribution in [2.45, 2.75) is 6.43 Å². The van der Waals surface area contributed by atoms with Crippen LogP contribution in [-0.2, 0) is 0 Å². The Bertz CT molecular complexity index is 350. The zero-order valence-electron chi connectivity index (χ0n) is 5.77. The van der Waals surface area contributed by atoms with Crippen LogP contribution in [0.5, 0.6) is 0 Å². The molecule has 1 heterocycles. The van der Waals surface area contributed by atoms with Crippen molar-refractivity contribution >= 4 is 28.4 Å². The van der Waals surface area contributed by atoms with Gasteiger partial charge in [-0.05, 0) is 22.6 Å². The van der Waals surface area contributed by atoms with Gasteiger partial charge in [-0.25, -0.2) is 8.78 Å². The van der Waals surface area contributed by atoms with Gasteiger partial charge in [0.2, 0.25) is 0 Å². The second-order valence-corrected chi connectivity index (χ2v) is 3.20. The average molecular weight is 286 g/mol. The third kappa shape index (κ3) is 1.74. The zero-order valence-corrected chi connectivity index (χ0v) is 7.93. The Morgan fingerprint density at radius 3 is 2.67 bits per heavy atom. The maximum atomic E-state index is 12.2. The number of alkyl halides is 2. The number of nitrogens with two attached hydrogens (primary N) is 1. The van der Waals surface area contributed by atoms with Crippen LogP contribution in [0, 0.1) is 3.57 Å². The van der Waals surface area contributed by atoms with E-state index in [4.69, 9.17) is 5.73 Å². The van der Waals surface area contributed by atoms with Crippen molar-refractivity contribution in [3.8, 4) is 0 Å². The molecule has 0 saturated carbocycles. The van der Waals surface area contributed by atoms with Crippen LogP contribution in [0.2, 0.25) is 0 Å². The molecule has 0 spiro atoms. The van der Waals surface area contributed by atoms with E-state index >= 15 is 0 Å². The highest BCUT2D eigenvalue weighted by Gasteiger charge is 2.14. The van der Waals surface area contributed by atoms with Crippen LogP contribution in [-0.4, -0.2) is 4.98 Å². The second-order valence-electron chi connectivity index (χ2n) is 2.12. The minimum atomic E-state index is -2.70. The molecule has 1 rings (SSSR count). The fourth-order valence-electron chi connectivity index (χ4n) is 0.734. The lowest BCUT2D eigenvalue weighted by Gasteiger charge is -2.03. The van der Waals surface area contributed by atoms with Crippen molar-refractivity contribution in [2.75, 3.05) is 5.73 Å². The molecule has 0 radical (unpaired) electrons. The molecule has 0 saturated heterocycles. The maximum Gasteiger partial charge on any atom is 0.279 e. The van der Waals surface area contributed by atoms with E-state index in [9.17, 15) is 13.6 Å². The number of nitrogens with one attached hydrogen (secondary N) is 1. The maximum absolute atomic E-state index is 12.2. The van der Waals surface area contributed by atoms with Crippen molar-refractivity contribution in [2.24, 2.45) is 0 Å². The molecule has 12 heavy (non-hydrogen) atoms. The molecule has 0 amide bonds. The Morgan fingerprint density at radius 2 is 2.17 bits per heavy atom. The molecule has 1 aromatic heterocycles. The first-order valence-electron chi connectivity index (χ1n) is 2.98. The van der Waals surface area contributed by atoms with E-state index < -0.39 is 17.5 Å². The second kappa shape index (κ2) is 3.38. The first-order chi connectivity index (χ1) is 5.52. The monoisotopic (exact) mass is 286 g/mol. The number of pyridine rings is 1. The highest BCUT2D eigenvalue weighted by Crippen LogP contribution is 2.20. The zero-order chi connectivity index (χ0) is 9.30. The van der Waals surface area contributed by atoms with Crippen LogP contribution in [0.25, 0.3) is 0 Å². The van der Waals surface area contributed by atoms with E-state index in [1.54, 1.807) is 22.6 Å². The van der Waals surface area contributed by atoms with Gasteiger partial charge in [-0.3, -0.25) is 4.79 Å². The van der Waals surface area contributed by atoms with Gasteiger partial charge in [-0.2, -0.15) is 0 Å². The quantitative estimate of drug-likeness (QED) is 0.769. The molecule has 1 aromatic rings. The van der Waals surface area contributed by atoms with Crippen molar-refractivity contribution in [3.05, 3.63) is 25.6 Å². The van der Waals surface area contributed by atoms with E-state index in [0.717, 1.165) is 6.07 Å². The Hall–Kier alpha value is -0.660. The van der Waals surface area contributed by atoms with Gasteiger partial charge < -0.3 is 10.7 Å². The number of anilines is 1. The number of nitrogen functional groups attached to an aromatic ring is 1. The Morgan fingerprint density at radius 1 is 1.58 bits per heavy atom. The standard InChI is InChI=1S/C6H5F2IN2O/c7-6(8)5-4(9)2(12)1-3(10)11-5/h1,6H,(H3,10,11,12). The summed E-state index contributed by atoms with van der Waals surface area (Å²) in [4.78, 5) is 13.2. The van der Waals surface area contributed by atoms with Crippen LogP contribution in [0.1, 0.15) is 12.1 Å². The molecule has 3 N–H and O–H groups in total. The molecule has 0 aromatic carbocycles. The van der Waals surface area contributed by atoms with Crippen molar-refractivity contribution < 1.29 is 8.78 Å². The minimum Gasteiger partial charge on any atom is -0.385 e. The van der Waals surface area contributed by atoms with Crippen LogP contribution in [0.15, 0.2) is 10.9 Å². The lowest BCUT2D eigenvalue weighted by molar-refractivity contribution is 0.145. The number of halogens is 3. The predicted molar refractivity (Wildman–Crippen MR) is 49.1 cm³/mol. The molecule has 6 heteroatoms. The summed E-state index contributed by atoms with van der Waals surface area (Å²) in [6.45, 7) is 0. The molecule has 0 aliphatic rings. The average Bonchev–Trinajstić information content (AvgIpc) is 1.96. The highest BCUT2D eigenvalue weighted by molar-refractivity contribution is 14.1. The van der Waals surface area contributed by atoms with E-state index in [1.807, 2.05) is 0 Å². The van der Waals surface area contributed by atoms with Gasteiger partial charge >= 0.3 is 0 Å². The van der Waals surface area contributed by atoms with E-state index in [1.165, 1.54) is 0 Å². The summed E-state index contributed by atoms with van der Waals surface area (Å²) in [6, 6.07) is 1.08. The number of hydrogen-bond acceptors (Lipinski definition) is 2. The van der Waals surface area contributed by atoms with Crippen LogP contribution in [0.3, 0.4) is 0 Å². The summed E-state index contributed by atoms with van der Waals surface area (Å²) in [5, 5.41) is 0. The molecular weight excluding hydrogens is 281 g/mol. The normalized spacial score (nSPS) is 10.7. The Kier molecular flexibility index (Phi) is 2.65. The third-order valence-electron chi connectivity index (χ3n) is 1.24. The lowest BCUT2D eigenvalue weighted by atomic mass is 10.3. The number of aromatic amines is 1. The first kappa shape index (κ1) is 9.43. The van der Waals surface area contributed by atoms with Gasteiger partial charge in [0.05, 0.1) is 3.57 Å². The first-order valence-corrected chi connectivity index (χ1v) is 4.06. The fraction of sp³-hybridized carbons (Fsp3) is 0.167. The number of H-pyrrole nitrogens is 1. The SMILES string of the molecule is Nc1cc(=O)c(I)c(C(F)F)[nH]1. The molecule has 0 aliphatic heterocycles. The predicted octanol–water partition coefficient (Wildman–Crippen LogP) is 1.50.